The molecule has 0 saturated carbocycles. The van der Waals surface area contributed by atoms with Crippen LogP contribution in [0.15, 0.2) is 49.1 Å². The largest absolute Gasteiger partial charge is 0.465 e. The fourth-order valence-electron chi connectivity index (χ4n) is 4.04. The molecule has 2 aromatic heterocycles. The zero-order valence-corrected chi connectivity index (χ0v) is 21.1. The first kappa shape index (κ1) is 29.3. The van der Waals surface area contributed by atoms with Gasteiger partial charge in [0.25, 0.3) is 0 Å². The molecule has 1 saturated heterocycles. The van der Waals surface area contributed by atoms with E-state index in [1.807, 2.05) is 12.1 Å². The molecule has 3 heterocycles. The summed E-state index contributed by atoms with van der Waals surface area (Å²) in [5.74, 6) is -1.69. The molecule has 0 aliphatic carbocycles. The van der Waals surface area contributed by atoms with Crippen molar-refractivity contribution in [2.24, 2.45) is 5.92 Å². The van der Waals surface area contributed by atoms with E-state index in [9.17, 15) is 14.4 Å². The molecule has 3 rings (SSSR count). The molecule has 0 N–H and O–H groups in total. The van der Waals surface area contributed by atoms with Gasteiger partial charge >= 0.3 is 5.97 Å². The number of pyridine rings is 2. The van der Waals surface area contributed by atoms with Gasteiger partial charge in [0, 0.05) is 44.2 Å². The Labute approximate surface area is 212 Å². The molecule has 2 amide bonds. The summed E-state index contributed by atoms with van der Waals surface area (Å²) in [6.07, 6.45) is 9.77. The maximum Gasteiger partial charge on any atom is 0.315 e. The van der Waals surface area contributed by atoms with Crippen molar-refractivity contribution in [3.05, 3.63) is 60.2 Å². The van der Waals surface area contributed by atoms with Crippen molar-refractivity contribution >= 4 is 42.6 Å². The number of aryl methyl sites for hydroxylation is 1. The number of hydrogen-bond donors (Lipinski definition) is 0. The third-order valence-electron chi connectivity index (χ3n) is 5.73. The molecule has 0 bridgehead atoms. The van der Waals surface area contributed by atoms with Crippen LogP contribution in [0.2, 0.25) is 0 Å². The lowest BCUT2D eigenvalue weighted by molar-refractivity contribution is -0.171. The highest BCUT2D eigenvalue weighted by Gasteiger charge is 2.36. The second-order valence-corrected chi connectivity index (χ2v) is 7.89. The van der Waals surface area contributed by atoms with Crippen LogP contribution in [0.5, 0.6) is 0 Å². The number of rotatable bonds is 9. The zero-order chi connectivity index (χ0) is 22.9. The minimum absolute atomic E-state index is 0. The zero-order valence-electron chi connectivity index (χ0n) is 19.5. The van der Waals surface area contributed by atoms with E-state index in [2.05, 4.69) is 9.97 Å². The second-order valence-electron chi connectivity index (χ2n) is 7.89. The normalized spacial score (nSPS) is 16.0. The number of amides is 2. The van der Waals surface area contributed by atoms with Crippen LogP contribution >= 0.6 is 24.8 Å². The van der Waals surface area contributed by atoms with Gasteiger partial charge in [-0.25, -0.2) is 0 Å². The van der Waals surface area contributed by atoms with Crippen LogP contribution in [-0.4, -0.2) is 57.5 Å². The Morgan fingerprint density at radius 2 is 1.91 bits per heavy atom. The number of esters is 1. The van der Waals surface area contributed by atoms with Crippen LogP contribution in [0.25, 0.3) is 0 Å². The Morgan fingerprint density at radius 3 is 2.53 bits per heavy atom. The van der Waals surface area contributed by atoms with E-state index in [0.717, 1.165) is 24.8 Å². The lowest BCUT2D eigenvalue weighted by Gasteiger charge is -2.40. The molecule has 0 unspecified atom stereocenters. The molecule has 0 aromatic carbocycles. The Hall–Kier alpha value is -2.71. The number of aromatic nitrogens is 2. The number of carbonyl (C=O) groups excluding carboxylic acids is 3. The van der Waals surface area contributed by atoms with Crippen molar-refractivity contribution in [3.8, 4) is 0 Å². The summed E-state index contributed by atoms with van der Waals surface area (Å²) in [4.78, 5) is 46.7. The number of nitrogens with zero attached hydrogens (tertiary/aromatic N) is 4. The van der Waals surface area contributed by atoms with Gasteiger partial charge in [0.15, 0.2) is 0 Å². The predicted octanol–water partition coefficient (Wildman–Crippen LogP) is 3.60. The Balaban J connectivity index is 0.00000289. The van der Waals surface area contributed by atoms with Crippen molar-refractivity contribution < 1.29 is 19.1 Å². The molecule has 2 aromatic rings. The first-order chi connectivity index (χ1) is 15.5. The van der Waals surface area contributed by atoms with Gasteiger partial charge in [0.05, 0.1) is 13.2 Å². The molecule has 0 spiro atoms. The van der Waals surface area contributed by atoms with E-state index in [4.69, 9.17) is 4.74 Å². The highest BCUT2D eigenvalue weighted by atomic mass is 35.5. The summed E-state index contributed by atoms with van der Waals surface area (Å²) >= 11 is 0. The molecular formula is C24H32Cl2N4O4. The second kappa shape index (κ2) is 14.5. The third-order valence-corrected chi connectivity index (χ3v) is 5.73. The SMILES string of the molecule is CCOC(=O)[C@H](CN(C(C)=O)N1CCC[C@@H](CCc2ccncc2)C1=O)c1cccnc1.Cl.Cl. The molecule has 8 nitrogen and oxygen atoms in total. The van der Waals surface area contributed by atoms with Crippen molar-refractivity contribution in [2.75, 3.05) is 19.7 Å². The maximum atomic E-state index is 13.3. The summed E-state index contributed by atoms with van der Waals surface area (Å²) in [6, 6.07) is 7.42. The summed E-state index contributed by atoms with van der Waals surface area (Å²) < 4.78 is 5.25. The molecule has 34 heavy (non-hydrogen) atoms. The van der Waals surface area contributed by atoms with Gasteiger partial charge in [-0.15, -0.1) is 24.8 Å². The Morgan fingerprint density at radius 1 is 1.18 bits per heavy atom. The highest BCUT2D eigenvalue weighted by Crippen LogP contribution is 2.26. The van der Waals surface area contributed by atoms with E-state index in [-0.39, 0.29) is 55.7 Å². The van der Waals surface area contributed by atoms with E-state index >= 15 is 0 Å². The number of hydrogen-bond acceptors (Lipinski definition) is 6. The minimum atomic E-state index is -0.724. The van der Waals surface area contributed by atoms with E-state index in [0.29, 0.717) is 18.5 Å². The summed E-state index contributed by atoms with van der Waals surface area (Å²) in [6.45, 7) is 3.87. The van der Waals surface area contributed by atoms with Crippen LogP contribution in [0.4, 0.5) is 0 Å². The van der Waals surface area contributed by atoms with Crippen LogP contribution < -0.4 is 0 Å². The topological polar surface area (TPSA) is 92.7 Å². The lowest BCUT2D eigenvalue weighted by Crippen LogP contribution is -2.55. The molecule has 2 atom stereocenters. The summed E-state index contributed by atoms with van der Waals surface area (Å²) in [5.41, 5.74) is 1.78. The first-order valence-electron chi connectivity index (χ1n) is 11.1. The molecule has 1 aliphatic heterocycles. The number of piperidine rings is 1. The van der Waals surface area contributed by atoms with Gasteiger partial charge in [-0.1, -0.05) is 6.07 Å². The molecule has 1 fully saturated rings. The monoisotopic (exact) mass is 510 g/mol. The van der Waals surface area contributed by atoms with Gasteiger partial charge in [-0.3, -0.25) is 34.4 Å². The van der Waals surface area contributed by atoms with E-state index < -0.39 is 11.9 Å². The van der Waals surface area contributed by atoms with Gasteiger partial charge < -0.3 is 4.74 Å². The van der Waals surface area contributed by atoms with Gasteiger partial charge in [-0.2, -0.15) is 0 Å². The van der Waals surface area contributed by atoms with Crippen molar-refractivity contribution in [1.82, 2.24) is 20.0 Å². The third kappa shape index (κ3) is 7.67. The van der Waals surface area contributed by atoms with E-state index in [1.165, 1.54) is 16.9 Å². The fraction of sp³-hybridized carbons (Fsp3) is 0.458. The molecule has 10 heteroatoms. The number of carbonyl (C=O) groups is 3. The average Bonchev–Trinajstić information content (AvgIpc) is 2.80. The maximum absolute atomic E-state index is 13.3. The van der Waals surface area contributed by atoms with Crippen LogP contribution in [0.1, 0.15) is 50.2 Å². The fourth-order valence-corrected chi connectivity index (χ4v) is 4.04. The Kier molecular flexibility index (Phi) is 12.5. The lowest BCUT2D eigenvalue weighted by atomic mass is 9.91. The molecule has 186 valence electrons. The standard InChI is InChI=1S/C24H30N4O4.2ClH/c1-3-32-24(31)22(21-6-4-12-26-16-21)17-28(18(2)29)27-15-5-7-20(23(27)30)9-8-19-10-13-25-14-11-19;;/h4,6,10-14,16,20,22H,3,5,7-9,15,17H2,1-2H3;2*1H/t20-,22+;;/m0../s1. The number of halogens is 2. The Bertz CT molecular complexity index is 918. The van der Waals surface area contributed by atoms with Gasteiger partial charge in [0.2, 0.25) is 11.8 Å². The number of hydrazine groups is 1. The van der Waals surface area contributed by atoms with Gasteiger partial charge in [-0.05, 0) is 61.9 Å². The van der Waals surface area contributed by atoms with Crippen molar-refractivity contribution in [3.63, 3.8) is 0 Å². The smallest absolute Gasteiger partial charge is 0.315 e. The quantitative estimate of drug-likeness (QED) is 0.478. The predicted molar refractivity (Wildman–Crippen MR) is 132 cm³/mol. The number of ether oxygens (including phenoxy) is 1. The van der Waals surface area contributed by atoms with Crippen LogP contribution in [0, 0.1) is 5.92 Å². The first-order valence-corrected chi connectivity index (χ1v) is 11.1. The molecule has 1 aliphatic rings. The van der Waals surface area contributed by atoms with Crippen molar-refractivity contribution in [1.29, 1.82) is 0 Å². The minimum Gasteiger partial charge on any atom is -0.465 e. The van der Waals surface area contributed by atoms with Crippen molar-refractivity contribution in [2.45, 2.75) is 45.4 Å². The van der Waals surface area contributed by atoms with E-state index in [1.54, 1.807) is 43.8 Å². The molecule has 0 radical (unpaired) electrons. The summed E-state index contributed by atoms with van der Waals surface area (Å²) in [7, 11) is 0. The van der Waals surface area contributed by atoms with Gasteiger partial charge in [0.1, 0.15) is 5.92 Å². The molecular weight excluding hydrogens is 479 g/mol. The summed E-state index contributed by atoms with van der Waals surface area (Å²) in [5, 5.41) is 2.92. The average molecular weight is 511 g/mol. The van der Waals surface area contributed by atoms with Crippen LogP contribution in [0.3, 0.4) is 0 Å². The highest BCUT2D eigenvalue weighted by molar-refractivity contribution is 5.86. The van der Waals surface area contributed by atoms with Crippen LogP contribution in [-0.2, 0) is 25.5 Å².